The van der Waals surface area contributed by atoms with Crippen molar-refractivity contribution in [2.24, 2.45) is 0 Å². The van der Waals surface area contributed by atoms with Gasteiger partial charge in [-0.2, -0.15) is 0 Å². The predicted molar refractivity (Wildman–Crippen MR) is 105 cm³/mol. The lowest BCUT2D eigenvalue weighted by Crippen LogP contribution is -2.05. The SMILES string of the molecule is O=C(CCc1cccc(OCc2ccccc2F)c1)c1cc2cccn2cn1. The van der Waals surface area contributed by atoms with Gasteiger partial charge in [-0.1, -0.05) is 30.3 Å². The Hall–Kier alpha value is -3.47. The average Bonchev–Trinajstić information content (AvgIpc) is 3.19. The molecule has 28 heavy (non-hydrogen) atoms. The minimum atomic E-state index is -0.281. The van der Waals surface area contributed by atoms with E-state index < -0.39 is 0 Å². The Morgan fingerprint density at radius 2 is 1.93 bits per heavy atom. The van der Waals surface area contributed by atoms with Crippen LogP contribution >= 0.6 is 0 Å². The predicted octanol–water partition coefficient (Wildman–Crippen LogP) is 4.87. The molecule has 4 nitrogen and oxygen atoms in total. The van der Waals surface area contributed by atoms with E-state index in [1.807, 2.05) is 47.0 Å². The number of ketones is 1. The molecule has 0 unspecified atom stereocenters. The Morgan fingerprint density at radius 3 is 2.82 bits per heavy atom. The number of Topliss-reactive ketones (excluding diaryl/α,β-unsaturated/α-hetero) is 1. The van der Waals surface area contributed by atoms with Crippen LogP contribution in [0.3, 0.4) is 0 Å². The van der Waals surface area contributed by atoms with E-state index in [9.17, 15) is 9.18 Å². The van der Waals surface area contributed by atoms with Crippen molar-refractivity contribution >= 4 is 11.3 Å². The second-order valence-corrected chi connectivity index (χ2v) is 6.57. The number of benzene rings is 2. The highest BCUT2D eigenvalue weighted by Crippen LogP contribution is 2.18. The van der Waals surface area contributed by atoms with E-state index in [0.717, 1.165) is 11.1 Å². The molecule has 0 aliphatic rings. The maximum atomic E-state index is 13.7. The van der Waals surface area contributed by atoms with Crippen molar-refractivity contribution in [1.29, 1.82) is 0 Å². The maximum absolute atomic E-state index is 13.7. The zero-order valence-corrected chi connectivity index (χ0v) is 15.2. The molecule has 0 N–H and O–H groups in total. The lowest BCUT2D eigenvalue weighted by atomic mass is 10.1. The Kier molecular flexibility index (Phi) is 5.15. The van der Waals surface area contributed by atoms with Crippen molar-refractivity contribution < 1.29 is 13.9 Å². The van der Waals surface area contributed by atoms with Crippen molar-refractivity contribution in [1.82, 2.24) is 9.38 Å². The fraction of sp³-hybridized carbons (Fsp3) is 0.130. The van der Waals surface area contributed by atoms with Gasteiger partial charge in [-0.25, -0.2) is 9.37 Å². The summed E-state index contributed by atoms with van der Waals surface area (Å²) < 4.78 is 21.3. The molecule has 140 valence electrons. The van der Waals surface area contributed by atoms with Crippen molar-refractivity contribution in [3.8, 4) is 5.75 Å². The number of ether oxygens (including phenoxy) is 1. The number of rotatable bonds is 7. The number of carbonyl (C=O) groups is 1. The van der Waals surface area contributed by atoms with Gasteiger partial charge < -0.3 is 9.14 Å². The lowest BCUT2D eigenvalue weighted by Gasteiger charge is -2.09. The summed E-state index contributed by atoms with van der Waals surface area (Å²) in [4.78, 5) is 16.7. The molecule has 0 amide bonds. The molecule has 4 rings (SSSR count). The molecule has 0 aliphatic heterocycles. The van der Waals surface area contributed by atoms with E-state index >= 15 is 0 Å². The minimum absolute atomic E-state index is 0.00128. The smallest absolute Gasteiger partial charge is 0.181 e. The second kappa shape index (κ2) is 8.05. The van der Waals surface area contributed by atoms with E-state index in [2.05, 4.69) is 4.98 Å². The van der Waals surface area contributed by atoms with Crippen LogP contribution in [0.15, 0.2) is 79.3 Å². The van der Waals surface area contributed by atoms with Crippen LogP contribution in [0.5, 0.6) is 5.75 Å². The molecule has 0 aliphatic carbocycles. The molecule has 2 aromatic heterocycles. The van der Waals surface area contributed by atoms with Gasteiger partial charge in [0.25, 0.3) is 0 Å². The fourth-order valence-corrected chi connectivity index (χ4v) is 3.04. The van der Waals surface area contributed by atoms with Gasteiger partial charge >= 0.3 is 0 Å². The van der Waals surface area contributed by atoms with Crippen LogP contribution < -0.4 is 4.74 Å². The van der Waals surface area contributed by atoms with Crippen LogP contribution in [-0.2, 0) is 13.0 Å². The second-order valence-electron chi connectivity index (χ2n) is 6.57. The molecule has 0 bridgehead atoms. The summed E-state index contributed by atoms with van der Waals surface area (Å²) in [6.07, 6.45) is 4.49. The van der Waals surface area contributed by atoms with Gasteiger partial charge in [-0.05, 0) is 48.4 Å². The normalized spacial score (nSPS) is 10.9. The first-order valence-electron chi connectivity index (χ1n) is 9.10. The van der Waals surface area contributed by atoms with Gasteiger partial charge in [0.2, 0.25) is 0 Å². The number of fused-ring (bicyclic) bond motifs is 1. The number of hydrogen-bond donors (Lipinski definition) is 0. The van der Waals surface area contributed by atoms with Crippen LogP contribution in [0.4, 0.5) is 4.39 Å². The first-order valence-corrected chi connectivity index (χ1v) is 9.10. The highest BCUT2D eigenvalue weighted by atomic mass is 19.1. The molecule has 0 saturated heterocycles. The van der Waals surface area contributed by atoms with Crippen LogP contribution in [0, 0.1) is 5.82 Å². The summed E-state index contributed by atoms with van der Waals surface area (Å²) in [5.74, 6) is 0.374. The Balaban J connectivity index is 1.37. The Morgan fingerprint density at radius 1 is 1.04 bits per heavy atom. The van der Waals surface area contributed by atoms with Gasteiger partial charge in [-0.3, -0.25) is 4.79 Å². The van der Waals surface area contributed by atoms with Crippen molar-refractivity contribution in [3.05, 3.63) is 102 Å². The summed E-state index contributed by atoms with van der Waals surface area (Å²) in [6, 6.07) is 19.7. The van der Waals surface area contributed by atoms with Gasteiger partial charge in [0.1, 0.15) is 23.9 Å². The maximum Gasteiger partial charge on any atom is 0.181 e. The third kappa shape index (κ3) is 4.09. The molecule has 0 radical (unpaired) electrons. The third-order valence-corrected chi connectivity index (χ3v) is 4.59. The van der Waals surface area contributed by atoms with E-state index in [1.54, 1.807) is 30.6 Å². The van der Waals surface area contributed by atoms with Crippen LogP contribution in [-0.4, -0.2) is 15.2 Å². The molecule has 0 atom stereocenters. The highest BCUT2D eigenvalue weighted by molar-refractivity contribution is 5.95. The number of hydrogen-bond acceptors (Lipinski definition) is 3. The largest absolute Gasteiger partial charge is 0.489 e. The number of halogens is 1. The fourth-order valence-electron chi connectivity index (χ4n) is 3.04. The summed E-state index contributed by atoms with van der Waals surface area (Å²) in [5.41, 5.74) is 2.91. The standard InChI is InChI=1S/C23H19FN2O2/c24-21-9-2-1-6-18(21)15-28-20-8-3-5-17(13-20)10-11-23(27)22-14-19-7-4-12-26(19)16-25-22/h1-9,12-14,16H,10-11,15H2. The van der Waals surface area contributed by atoms with E-state index in [-0.39, 0.29) is 18.2 Å². The zero-order valence-electron chi connectivity index (χ0n) is 15.2. The highest BCUT2D eigenvalue weighted by Gasteiger charge is 2.09. The van der Waals surface area contributed by atoms with Gasteiger partial charge in [0.15, 0.2) is 5.78 Å². The van der Waals surface area contributed by atoms with Crippen LogP contribution in [0.1, 0.15) is 28.0 Å². The summed E-state index contributed by atoms with van der Waals surface area (Å²) >= 11 is 0. The Labute approximate surface area is 162 Å². The van der Waals surface area contributed by atoms with Crippen molar-refractivity contribution in [2.45, 2.75) is 19.4 Å². The summed E-state index contributed by atoms with van der Waals surface area (Å²) in [5, 5.41) is 0. The molecule has 0 spiro atoms. The molecule has 4 aromatic rings. The molecule has 0 saturated carbocycles. The lowest BCUT2D eigenvalue weighted by molar-refractivity contribution is 0.0978. The summed E-state index contributed by atoms with van der Waals surface area (Å²) in [7, 11) is 0. The summed E-state index contributed by atoms with van der Waals surface area (Å²) in [6.45, 7) is 0.163. The van der Waals surface area contributed by atoms with E-state index in [4.69, 9.17) is 4.74 Å². The van der Waals surface area contributed by atoms with Gasteiger partial charge in [0.05, 0.1) is 6.33 Å². The number of aromatic nitrogens is 2. The average molecular weight is 374 g/mol. The monoisotopic (exact) mass is 374 g/mol. The Bertz CT molecular complexity index is 1120. The minimum Gasteiger partial charge on any atom is -0.489 e. The number of aryl methyl sites for hydroxylation is 1. The van der Waals surface area contributed by atoms with E-state index in [1.165, 1.54) is 6.07 Å². The van der Waals surface area contributed by atoms with Crippen LogP contribution in [0.2, 0.25) is 0 Å². The zero-order chi connectivity index (χ0) is 19.3. The quantitative estimate of drug-likeness (QED) is 0.434. The molecular weight excluding hydrogens is 355 g/mol. The first-order chi connectivity index (χ1) is 13.7. The third-order valence-electron chi connectivity index (χ3n) is 4.59. The molecule has 2 aromatic carbocycles. The van der Waals surface area contributed by atoms with Gasteiger partial charge in [0, 0.05) is 23.7 Å². The van der Waals surface area contributed by atoms with Crippen molar-refractivity contribution in [2.75, 3.05) is 0 Å². The van der Waals surface area contributed by atoms with Gasteiger partial charge in [-0.15, -0.1) is 0 Å². The first kappa shape index (κ1) is 17.9. The molecular formula is C23H19FN2O2. The molecule has 0 fully saturated rings. The van der Waals surface area contributed by atoms with Crippen LogP contribution in [0.25, 0.3) is 5.52 Å². The van der Waals surface area contributed by atoms with E-state index in [0.29, 0.717) is 29.8 Å². The number of carbonyl (C=O) groups excluding carboxylic acids is 1. The molecule has 5 heteroatoms. The molecule has 2 heterocycles. The topological polar surface area (TPSA) is 43.6 Å². The number of nitrogens with zero attached hydrogens (tertiary/aromatic N) is 2. The van der Waals surface area contributed by atoms with Crippen molar-refractivity contribution in [3.63, 3.8) is 0 Å².